The summed E-state index contributed by atoms with van der Waals surface area (Å²) in [5.74, 6) is 0.0372. The molecule has 0 bridgehead atoms. The van der Waals surface area contributed by atoms with Crippen LogP contribution in [0.2, 0.25) is 0 Å². The lowest BCUT2D eigenvalue weighted by molar-refractivity contribution is -0.130. The highest BCUT2D eigenvalue weighted by Gasteiger charge is 2.07. The fourth-order valence-corrected chi connectivity index (χ4v) is 2.14. The highest BCUT2D eigenvalue weighted by atomic mass is 16.3. The molecule has 6 heteroatoms. The molecule has 0 aliphatic heterocycles. The summed E-state index contributed by atoms with van der Waals surface area (Å²) in [6.45, 7) is 0.356. The second-order valence-electron chi connectivity index (χ2n) is 4.85. The second-order valence-corrected chi connectivity index (χ2v) is 4.85. The predicted molar refractivity (Wildman–Crippen MR) is 76.6 cm³/mol. The topological polar surface area (TPSA) is 89.2 Å². The Bertz CT molecular complexity index is 644. The Morgan fingerprint density at radius 1 is 1.30 bits per heavy atom. The first-order valence-electron chi connectivity index (χ1n) is 6.66. The van der Waals surface area contributed by atoms with Crippen LogP contribution in [-0.4, -0.2) is 46.1 Å². The number of carbonyl (C=O) groups is 1. The van der Waals surface area contributed by atoms with Gasteiger partial charge in [-0.25, -0.2) is 4.79 Å². The van der Waals surface area contributed by atoms with Crippen molar-refractivity contribution in [1.82, 2.24) is 14.9 Å². The minimum atomic E-state index is -0.210. The Labute approximate surface area is 116 Å². The Morgan fingerprint density at radius 3 is 2.80 bits per heavy atom. The molecule has 0 atom stereocenters. The summed E-state index contributed by atoms with van der Waals surface area (Å²) in [5, 5.41) is 8.77. The number of aliphatic hydroxyl groups excluding tert-OH is 1. The molecule has 0 fully saturated rings. The van der Waals surface area contributed by atoms with Crippen LogP contribution in [0, 0.1) is 0 Å². The van der Waals surface area contributed by atoms with Crippen LogP contribution in [-0.2, 0) is 11.2 Å². The maximum atomic E-state index is 11.7. The molecule has 0 saturated heterocycles. The first-order chi connectivity index (χ1) is 9.60. The molecule has 0 aliphatic carbocycles. The smallest absolute Gasteiger partial charge is 0.323 e. The Balaban J connectivity index is 1.89. The van der Waals surface area contributed by atoms with Gasteiger partial charge in [0, 0.05) is 20.0 Å². The summed E-state index contributed by atoms with van der Waals surface area (Å²) < 4.78 is 0. The summed E-state index contributed by atoms with van der Waals surface area (Å²) in [6.07, 6.45) is 1.98. The monoisotopic (exact) mass is 277 g/mol. The first kappa shape index (κ1) is 14.3. The van der Waals surface area contributed by atoms with Crippen molar-refractivity contribution < 1.29 is 9.90 Å². The Morgan fingerprint density at radius 2 is 2.05 bits per heavy atom. The first-order valence-corrected chi connectivity index (χ1v) is 6.66. The number of aromatic nitrogens is 2. The van der Waals surface area contributed by atoms with Crippen LogP contribution in [0.25, 0.3) is 11.0 Å². The number of hydrogen-bond donors (Lipinski definition) is 3. The van der Waals surface area contributed by atoms with E-state index in [1.165, 1.54) is 4.90 Å². The molecule has 0 saturated carbocycles. The number of rotatable bonds is 6. The highest BCUT2D eigenvalue weighted by molar-refractivity contribution is 5.76. The van der Waals surface area contributed by atoms with E-state index in [2.05, 4.69) is 9.97 Å². The minimum absolute atomic E-state index is 0.0141. The van der Waals surface area contributed by atoms with Crippen LogP contribution < -0.4 is 5.69 Å². The van der Waals surface area contributed by atoms with E-state index in [-0.39, 0.29) is 18.2 Å². The van der Waals surface area contributed by atoms with Crippen LogP contribution in [0.5, 0.6) is 0 Å². The lowest BCUT2D eigenvalue weighted by Crippen LogP contribution is -2.29. The van der Waals surface area contributed by atoms with Crippen molar-refractivity contribution in [2.75, 3.05) is 20.2 Å². The van der Waals surface area contributed by atoms with Crippen LogP contribution >= 0.6 is 0 Å². The van der Waals surface area contributed by atoms with E-state index in [0.29, 0.717) is 13.0 Å². The number of hydrogen-bond acceptors (Lipinski definition) is 3. The van der Waals surface area contributed by atoms with Crippen molar-refractivity contribution in [3.05, 3.63) is 34.2 Å². The van der Waals surface area contributed by atoms with Crippen LogP contribution in [0.4, 0.5) is 0 Å². The zero-order chi connectivity index (χ0) is 14.5. The normalized spacial score (nSPS) is 10.9. The summed E-state index contributed by atoms with van der Waals surface area (Å²) in [4.78, 5) is 29.8. The maximum absolute atomic E-state index is 11.7. The number of nitrogens with zero attached hydrogens (tertiary/aromatic N) is 1. The van der Waals surface area contributed by atoms with Crippen molar-refractivity contribution >= 4 is 16.9 Å². The van der Waals surface area contributed by atoms with E-state index in [0.717, 1.165) is 29.4 Å². The number of benzene rings is 1. The molecule has 1 aromatic heterocycles. The van der Waals surface area contributed by atoms with E-state index in [1.807, 2.05) is 18.2 Å². The largest absolute Gasteiger partial charge is 0.395 e. The summed E-state index contributed by atoms with van der Waals surface area (Å²) in [6, 6.07) is 5.74. The van der Waals surface area contributed by atoms with Gasteiger partial charge in [0.1, 0.15) is 0 Å². The van der Waals surface area contributed by atoms with Gasteiger partial charge in [-0.05, 0) is 30.5 Å². The van der Waals surface area contributed by atoms with E-state index in [1.54, 1.807) is 7.05 Å². The number of imidazole rings is 1. The molecule has 3 N–H and O–H groups in total. The van der Waals surface area contributed by atoms with Crippen LogP contribution in [0.3, 0.4) is 0 Å². The maximum Gasteiger partial charge on any atom is 0.323 e. The zero-order valence-electron chi connectivity index (χ0n) is 11.5. The number of fused-ring (bicyclic) bond motifs is 1. The zero-order valence-corrected chi connectivity index (χ0v) is 11.5. The molecule has 1 amide bonds. The summed E-state index contributed by atoms with van der Waals surface area (Å²) in [5.41, 5.74) is 2.46. The van der Waals surface area contributed by atoms with Crippen molar-refractivity contribution in [2.24, 2.45) is 0 Å². The standard InChI is InChI=1S/C14H19N3O3/c1-17(7-8-18)13(19)4-2-3-10-5-6-11-12(9-10)16-14(20)15-11/h5-6,9,18H,2-4,7-8H2,1H3,(H2,15,16,20). The quantitative estimate of drug-likeness (QED) is 0.723. The third kappa shape index (κ3) is 3.48. The van der Waals surface area contributed by atoms with E-state index in [4.69, 9.17) is 5.11 Å². The Kier molecular flexibility index (Phi) is 4.57. The van der Waals surface area contributed by atoms with Gasteiger partial charge in [-0.2, -0.15) is 0 Å². The molecule has 108 valence electrons. The lowest BCUT2D eigenvalue weighted by atomic mass is 10.1. The van der Waals surface area contributed by atoms with Gasteiger partial charge >= 0.3 is 5.69 Å². The van der Waals surface area contributed by atoms with Gasteiger partial charge in [-0.15, -0.1) is 0 Å². The SMILES string of the molecule is CN(CCO)C(=O)CCCc1ccc2[nH]c(=O)[nH]c2c1. The minimum Gasteiger partial charge on any atom is -0.395 e. The molecule has 0 aliphatic rings. The average Bonchev–Trinajstić information content (AvgIpc) is 2.78. The fourth-order valence-electron chi connectivity index (χ4n) is 2.14. The van der Waals surface area contributed by atoms with Crippen molar-refractivity contribution in [2.45, 2.75) is 19.3 Å². The van der Waals surface area contributed by atoms with Gasteiger partial charge in [-0.3, -0.25) is 4.79 Å². The molecular formula is C14H19N3O3. The van der Waals surface area contributed by atoms with E-state index >= 15 is 0 Å². The molecule has 6 nitrogen and oxygen atoms in total. The number of carbonyl (C=O) groups excluding carboxylic acids is 1. The van der Waals surface area contributed by atoms with Gasteiger partial charge in [0.25, 0.3) is 0 Å². The fraction of sp³-hybridized carbons (Fsp3) is 0.429. The van der Waals surface area contributed by atoms with E-state index in [9.17, 15) is 9.59 Å². The number of amides is 1. The molecular weight excluding hydrogens is 258 g/mol. The third-order valence-electron chi connectivity index (χ3n) is 3.30. The number of aromatic amines is 2. The molecule has 0 radical (unpaired) electrons. The van der Waals surface area contributed by atoms with Gasteiger partial charge in [0.15, 0.2) is 0 Å². The lowest BCUT2D eigenvalue weighted by Gasteiger charge is -2.15. The molecule has 20 heavy (non-hydrogen) atoms. The third-order valence-corrected chi connectivity index (χ3v) is 3.30. The van der Waals surface area contributed by atoms with Crippen LogP contribution in [0.1, 0.15) is 18.4 Å². The van der Waals surface area contributed by atoms with Gasteiger partial charge in [0.2, 0.25) is 5.91 Å². The summed E-state index contributed by atoms with van der Waals surface area (Å²) in [7, 11) is 1.69. The molecule has 2 rings (SSSR count). The molecule has 2 aromatic rings. The molecule has 0 unspecified atom stereocenters. The second kappa shape index (κ2) is 6.38. The summed E-state index contributed by atoms with van der Waals surface area (Å²) >= 11 is 0. The van der Waals surface area contributed by atoms with Crippen LogP contribution in [0.15, 0.2) is 23.0 Å². The number of aliphatic hydroxyl groups is 1. The number of nitrogens with one attached hydrogen (secondary N) is 2. The predicted octanol–water partition coefficient (Wildman–Crippen LogP) is 0.630. The number of H-pyrrole nitrogens is 2. The van der Waals surface area contributed by atoms with E-state index < -0.39 is 0 Å². The average molecular weight is 277 g/mol. The van der Waals surface area contributed by atoms with Crippen molar-refractivity contribution in [3.63, 3.8) is 0 Å². The highest BCUT2D eigenvalue weighted by Crippen LogP contribution is 2.12. The van der Waals surface area contributed by atoms with Crippen molar-refractivity contribution in [1.29, 1.82) is 0 Å². The van der Waals surface area contributed by atoms with Crippen molar-refractivity contribution in [3.8, 4) is 0 Å². The van der Waals surface area contributed by atoms with Gasteiger partial charge in [-0.1, -0.05) is 6.07 Å². The number of likely N-dealkylation sites (N-methyl/N-ethyl adjacent to an activating group) is 1. The van der Waals surface area contributed by atoms with Gasteiger partial charge in [0.05, 0.1) is 17.6 Å². The molecule has 1 heterocycles. The Hall–Kier alpha value is -2.08. The molecule has 0 spiro atoms. The molecule has 1 aromatic carbocycles. The van der Waals surface area contributed by atoms with Gasteiger partial charge < -0.3 is 20.0 Å². The number of aryl methyl sites for hydroxylation is 1.